The van der Waals surface area contributed by atoms with Crippen LogP contribution in [0.1, 0.15) is 38.7 Å². The van der Waals surface area contributed by atoms with E-state index in [9.17, 15) is 0 Å². The molecule has 0 N–H and O–H groups in total. The molecule has 0 bridgehead atoms. The summed E-state index contributed by atoms with van der Waals surface area (Å²) < 4.78 is 0. The van der Waals surface area contributed by atoms with Gasteiger partial charge in [0.05, 0.1) is 0 Å². The van der Waals surface area contributed by atoms with Crippen molar-refractivity contribution in [3.8, 4) is 0 Å². The summed E-state index contributed by atoms with van der Waals surface area (Å²) in [4.78, 5) is 0. The standard InChI is InChI=1S/C13H14.C2H6/c1-11(13-9-5-6-10-13)12-7-3-2-4-8-12;1-2/h2-9,11H,10H2,1H3;1-2H3. The molecule has 0 aliphatic heterocycles. The van der Waals surface area contributed by atoms with Gasteiger partial charge in [0.15, 0.2) is 0 Å². The zero-order valence-electron chi connectivity index (χ0n) is 9.90. The van der Waals surface area contributed by atoms with E-state index < -0.39 is 0 Å². The third-order valence-electron chi connectivity index (χ3n) is 2.66. The summed E-state index contributed by atoms with van der Waals surface area (Å²) in [7, 11) is 0. The van der Waals surface area contributed by atoms with Gasteiger partial charge in [-0.15, -0.1) is 0 Å². The van der Waals surface area contributed by atoms with E-state index in [0.29, 0.717) is 5.92 Å². The number of hydrogen-bond acceptors (Lipinski definition) is 0. The molecule has 0 saturated heterocycles. The van der Waals surface area contributed by atoms with Crippen molar-refractivity contribution < 1.29 is 0 Å². The molecule has 1 aliphatic rings. The minimum Gasteiger partial charge on any atom is -0.0804 e. The Bertz CT molecular complexity index is 330. The fraction of sp³-hybridized carbons (Fsp3) is 0.333. The second-order valence-corrected chi connectivity index (χ2v) is 3.51. The first-order chi connectivity index (χ1) is 7.38. The van der Waals surface area contributed by atoms with Crippen molar-refractivity contribution >= 4 is 0 Å². The molecule has 1 aromatic rings. The first-order valence-electron chi connectivity index (χ1n) is 5.78. The molecule has 1 atom stereocenters. The summed E-state index contributed by atoms with van der Waals surface area (Å²) in [6.45, 7) is 6.27. The summed E-state index contributed by atoms with van der Waals surface area (Å²) in [5.74, 6) is 0.566. The molecule has 15 heavy (non-hydrogen) atoms. The minimum absolute atomic E-state index is 0.566. The molecule has 2 rings (SSSR count). The van der Waals surface area contributed by atoms with Crippen LogP contribution >= 0.6 is 0 Å². The van der Waals surface area contributed by atoms with Gasteiger partial charge >= 0.3 is 0 Å². The molecule has 0 spiro atoms. The van der Waals surface area contributed by atoms with Crippen molar-refractivity contribution in [2.24, 2.45) is 0 Å². The zero-order valence-corrected chi connectivity index (χ0v) is 9.90. The molecular formula is C15H20. The lowest BCUT2D eigenvalue weighted by Crippen LogP contribution is -1.95. The molecule has 1 aromatic carbocycles. The zero-order chi connectivity index (χ0) is 11.1. The smallest absolute Gasteiger partial charge is 0.00260 e. The molecule has 1 aliphatic carbocycles. The highest BCUT2D eigenvalue weighted by molar-refractivity contribution is 5.34. The molecule has 0 heterocycles. The van der Waals surface area contributed by atoms with Crippen LogP contribution < -0.4 is 0 Å². The normalized spacial score (nSPS) is 15.3. The largest absolute Gasteiger partial charge is 0.0804 e. The molecular weight excluding hydrogens is 180 g/mol. The van der Waals surface area contributed by atoms with E-state index in [1.807, 2.05) is 13.8 Å². The molecule has 0 fully saturated rings. The average Bonchev–Trinajstić information content (AvgIpc) is 2.85. The number of rotatable bonds is 2. The van der Waals surface area contributed by atoms with Crippen molar-refractivity contribution in [1.82, 2.24) is 0 Å². The lowest BCUT2D eigenvalue weighted by atomic mass is 9.92. The van der Waals surface area contributed by atoms with Gasteiger partial charge in [-0.3, -0.25) is 0 Å². The molecule has 0 aromatic heterocycles. The maximum Gasteiger partial charge on any atom is 0.00260 e. The van der Waals surface area contributed by atoms with Gasteiger partial charge in [-0.25, -0.2) is 0 Å². The highest BCUT2D eigenvalue weighted by Crippen LogP contribution is 2.28. The minimum atomic E-state index is 0.566. The van der Waals surface area contributed by atoms with Crippen molar-refractivity contribution in [3.05, 3.63) is 59.7 Å². The van der Waals surface area contributed by atoms with Gasteiger partial charge in [0, 0.05) is 5.92 Å². The Morgan fingerprint density at radius 3 is 2.27 bits per heavy atom. The van der Waals surface area contributed by atoms with Crippen LogP contribution in [0.15, 0.2) is 54.1 Å². The van der Waals surface area contributed by atoms with Gasteiger partial charge in [0.2, 0.25) is 0 Å². The number of benzene rings is 1. The van der Waals surface area contributed by atoms with Crippen molar-refractivity contribution in [1.29, 1.82) is 0 Å². The summed E-state index contributed by atoms with van der Waals surface area (Å²) in [5, 5.41) is 0. The molecule has 1 unspecified atom stereocenters. The van der Waals surface area contributed by atoms with Gasteiger partial charge in [0.25, 0.3) is 0 Å². The van der Waals surface area contributed by atoms with E-state index in [-0.39, 0.29) is 0 Å². The van der Waals surface area contributed by atoms with Crippen LogP contribution in [0.4, 0.5) is 0 Å². The first kappa shape index (κ1) is 11.8. The van der Waals surface area contributed by atoms with Gasteiger partial charge in [-0.05, 0) is 12.0 Å². The fourth-order valence-corrected chi connectivity index (χ4v) is 1.74. The number of allylic oxidation sites excluding steroid dienone is 4. The Kier molecular flexibility index (Phi) is 4.89. The molecule has 80 valence electrons. The summed E-state index contributed by atoms with van der Waals surface area (Å²) in [5.41, 5.74) is 2.93. The van der Waals surface area contributed by atoms with Gasteiger partial charge in [-0.1, -0.05) is 74.9 Å². The molecule has 0 heteroatoms. The van der Waals surface area contributed by atoms with Crippen LogP contribution in [0.2, 0.25) is 0 Å². The lowest BCUT2D eigenvalue weighted by molar-refractivity contribution is 0.871. The Labute approximate surface area is 93.3 Å². The van der Waals surface area contributed by atoms with Crippen molar-refractivity contribution in [3.63, 3.8) is 0 Å². The second-order valence-electron chi connectivity index (χ2n) is 3.51. The van der Waals surface area contributed by atoms with Gasteiger partial charge in [0.1, 0.15) is 0 Å². The maximum absolute atomic E-state index is 2.27. The van der Waals surface area contributed by atoms with Crippen LogP contribution in [0.25, 0.3) is 0 Å². The topological polar surface area (TPSA) is 0 Å². The van der Waals surface area contributed by atoms with E-state index in [4.69, 9.17) is 0 Å². The quantitative estimate of drug-likeness (QED) is 0.649. The Morgan fingerprint density at radius 2 is 1.73 bits per heavy atom. The Hall–Kier alpha value is -1.30. The third-order valence-corrected chi connectivity index (χ3v) is 2.66. The SMILES string of the molecule is CC.CC(C1=CC=CC1)c1ccccc1. The van der Waals surface area contributed by atoms with E-state index in [1.54, 1.807) is 0 Å². The lowest BCUT2D eigenvalue weighted by Gasteiger charge is -2.12. The van der Waals surface area contributed by atoms with E-state index >= 15 is 0 Å². The average molecular weight is 200 g/mol. The Morgan fingerprint density at radius 1 is 1.07 bits per heavy atom. The molecule has 0 radical (unpaired) electrons. The van der Waals surface area contributed by atoms with Crippen LogP contribution in [0.5, 0.6) is 0 Å². The van der Waals surface area contributed by atoms with E-state index in [1.165, 1.54) is 11.1 Å². The van der Waals surface area contributed by atoms with Crippen LogP contribution in [-0.4, -0.2) is 0 Å². The summed E-state index contributed by atoms with van der Waals surface area (Å²) >= 11 is 0. The second kappa shape index (κ2) is 6.23. The molecule has 0 amide bonds. The molecule has 0 nitrogen and oxygen atoms in total. The summed E-state index contributed by atoms with van der Waals surface area (Å²) in [6.07, 6.45) is 7.72. The predicted octanol–water partition coefficient (Wildman–Crippen LogP) is 4.70. The van der Waals surface area contributed by atoms with Crippen LogP contribution in [-0.2, 0) is 0 Å². The molecule has 0 saturated carbocycles. The van der Waals surface area contributed by atoms with E-state index in [2.05, 4.69) is 55.5 Å². The van der Waals surface area contributed by atoms with E-state index in [0.717, 1.165) is 6.42 Å². The van der Waals surface area contributed by atoms with Gasteiger partial charge in [-0.2, -0.15) is 0 Å². The highest BCUT2D eigenvalue weighted by atomic mass is 14.1. The van der Waals surface area contributed by atoms with Crippen LogP contribution in [0, 0.1) is 0 Å². The van der Waals surface area contributed by atoms with Crippen LogP contribution in [0.3, 0.4) is 0 Å². The summed E-state index contributed by atoms with van der Waals surface area (Å²) in [6, 6.07) is 10.7. The number of hydrogen-bond donors (Lipinski definition) is 0. The third kappa shape index (κ3) is 3.09. The monoisotopic (exact) mass is 200 g/mol. The Balaban J connectivity index is 0.000000531. The fourth-order valence-electron chi connectivity index (χ4n) is 1.74. The predicted molar refractivity (Wildman–Crippen MR) is 68.0 cm³/mol. The highest BCUT2D eigenvalue weighted by Gasteiger charge is 2.10. The van der Waals surface area contributed by atoms with Gasteiger partial charge < -0.3 is 0 Å². The van der Waals surface area contributed by atoms with Crippen molar-refractivity contribution in [2.45, 2.75) is 33.1 Å². The first-order valence-corrected chi connectivity index (χ1v) is 5.78. The maximum atomic E-state index is 2.27. The van der Waals surface area contributed by atoms with Crippen molar-refractivity contribution in [2.75, 3.05) is 0 Å².